The van der Waals surface area contributed by atoms with Crippen LogP contribution < -0.4 is 5.32 Å². The highest BCUT2D eigenvalue weighted by Gasteiger charge is 2.35. The van der Waals surface area contributed by atoms with Crippen LogP contribution in [0, 0.1) is 12.8 Å². The number of carboxylic acids is 1. The molecule has 2 heterocycles. The number of nitrogens with one attached hydrogen (secondary N) is 1. The first kappa shape index (κ1) is 12.4. The fourth-order valence-electron chi connectivity index (χ4n) is 1.78. The molecule has 1 aliphatic rings. The van der Waals surface area contributed by atoms with Crippen LogP contribution in [-0.2, 0) is 11.3 Å². The minimum Gasteiger partial charge on any atom is -0.481 e. The molecular weight excluding hydrogens is 236 g/mol. The van der Waals surface area contributed by atoms with E-state index in [0.717, 1.165) is 5.56 Å². The molecule has 0 aliphatic carbocycles. The number of carboxylic acid groups (broad SMARTS) is 1. The summed E-state index contributed by atoms with van der Waals surface area (Å²) in [7, 11) is 0. The molecule has 98 valence electrons. The van der Waals surface area contributed by atoms with Crippen molar-refractivity contribution in [2.24, 2.45) is 5.92 Å². The van der Waals surface area contributed by atoms with Crippen LogP contribution >= 0.6 is 0 Å². The molecule has 18 heavy (non-hydrogen) atoms. The lowest BCUT2D eigenvalue weighted by Gasteiger charge is -2.36. The fourth-order valence-corrected chi connectivity index (χ4v) is 1.78. The van der Waals surface area contributed by atoms with E-state index < -0.39 is 11.9 Å². The highest BCUT2D eigenvalue weighted by Crippen LogP contribution is 2.14. The van der Waals surface area contributed by atoms with Crippen LogP contribution in [0.4, 0.5) is 4.79 Å². The molecule has 1 aromatic heterocycles. The van der Waals surface area contributed by atoms with Crippen LogP contribution in [0.2, 0.25) is 0 Å². The highest BCUT2D eigenvalue weighted by molar-refractivity contribution is 5.79. The highest BCUT2D eigenvalue weighted by atomic mass is 16.4. The Kier molecular flexibility index (Phi) is 3.50. The van der Waals surface area contributed by atoms with E-state index in [-0.39, 0.29) is 6.03 Å². The van der Waals surface area contributed by atoms with Gasteiger partial charge in [-0.05, 0) is 12.5 Å². The number of aliphatic carboxylic acids is 1. The van der Waals surface area contributed by atoms with Gasteiger partial charge in [0.15, 0.2) is 0 Å². The van der Waals surface area contributed by atoms with E-state index in [1.54, 1.807) is 10.9 Å². The van der Waals surface area contributed by atoms with E-state index in [9.17, 15) is 9.59 Å². The molecule has 0 spiro atoms. The number of amides is 2. The lowest BCUT2D eigenvalue weighted by atomic mass is 10.0. The first-order valence-corrected chi connectivity index (χ1v) is 5.81. The largest absolute Gasteiger partial charge is 0.481 e. The van der Waals surface area contributed by atoms with Crippen molar-refractivity contribution in [2.75, 3.05) is 19.6 Å². The van der Waals surface area contributed by atoms with Gasteiger partial charge in [0.05, 0.1) is 18.7 Å². The number of hydrogen-bond acceptors (Lipinski definition) is 3. The maximum absolute atomic E-state index is 11.6. The molecule has 0 saturated carbocycles. The van der Waals surface area contributed by atoms with Gasteiger partial charge in [-0.2, -0.15) is 5.10 Å². The minimum absolute atomic E-state index is 0.212. The average Bonchev–Trinajstić information content (AvgIpc) is 2.61. The zero-order valence-corrected chi connectivity index (χ0v) is 10.2. The standard InChI is InChI=1S/C11H16N4O3/c1-8-4-13-15(5-8)3-2-12-11(18)14-6-9(7-14)10(16)17/h4-5,9H,2-3,6-7H2,1H3,(H,12,18)(H,16,17). The molecule has 1 fully saturated rings. The summed E-state index contributed by atoms with van der Waals surface area (Å²) < 4.78 is 1.76. The second-order valence-electron chi connectivity index (χ2n) is 4.45. The maximum Gasteiger partial charge on any atom is 0.317 e. The molecule has 1 saturated heterocycles. The summed E-state index contributed by atoms with van der Waals surface area (Å²) in [6, 6.07) is -0.212. The lowest BCUT2D eigenvalue weighted by Crippen LogP contribution is -2.56. The quantitative estimate of drug-likeness (QED) is 0.784. The summed E-state index contributed by atoms with van der Waals surface area (Å²) in [5.74, 6) is -1.25. The number of likely N-dealkylation sites (tertiary alicyclic amines) is 1. The Morgan fingerprint density at radius 2 is 2.28 bits per heavy atom. The summed E-state index contributed by atoms with van der Waals surface area (Å²) in [5, 5.41) is 15.5. The number of urea groups is 1. The number of aryl methyl sites for hydroxylation is 1. The minimum atomic E-state index is -0.842. The predicted octanol–water partition coefficient (Wildman–Crippen LogP) is -0.0825. The van der Waals surface area contributed by atoms with Crippen molar-refractivity contribution in [2.45, 2.75) is 13.5 Å². The second-order valence-corrected chi connectivity index (χ2v) is 4.45. The fraction of sp³-hybridized carbons (Fsp3) is 0.545. The number of aromatic nitrogens is 2. The Bertz CT molecular complexity index is 451. The number of hydrogen-bond donors (Lipinski definition) is 2. The Balaban J connectivity index is 1.66. The van der Waals surface area contributed by atoms with Gasteiger partial charge >= 0.3 is 12.0 Å². The molecule has 0 atom stereocenters. The van der Waals surface area contributed by atoms with E-state index in [2.05, 4.69) is 10.4 Å². The topological polar surface area (TPSA) is 87.5 Å². The molecule has 2 N–H and O–H groups in total. The Labute approximate surface area is 104 Å². The van der Waals surface area contributed by atoms with Crippen molar-refractivity contribution < 1.29 is 14.7 Å². The first-order chi connectivity index (χ1) is 8.56. The third-order valence-corrected chi connectivity index (χ3v) is 2.90. The summed E-state index contributed by atoms with van der Waals surface area (Å²) >= 11 is 0. The van der Waals surface area contributed by atoms with Crippen LogP contribution in [0.5, 0.6) is 0 Å². The van der Waals surface area contributed by atoms with Crippen molar-refractivity contribution in [3.63, 3.8) is 0 Å². The zero-order valence-electron chi connectivity index (χ0n) is 10.2. The molecular formula is C11H16N4O3. The molecule has 2 amide bonds. The van der Waals surface area contributed by atoms with E-state index in [1.807, 2.05) is 13.1 Å². The van der Waals surface area contributed by atoms with Gasteiger partial charge < -0.3 is 15.3 Å². The van der Waals surface area contributed by atoms with E-state index in [4.69, 9.17) is 5.11 Å². The average molecular weight is 252 g/mol. The van der Waals surface area contributed by atoms with Crippen molar-refractivity contribution in [1.29, 1.82) is 0 Å². The summed E-state index contributed by atoms with van der Waals surface area (Å²) in [5.41, 5.74) is 1.08. The van der Waals surface area contributed by atoms with Crippen LogP contribution in [-0.4, -0.2) is 51.4 Å². The van der Waals surface area contributed by atoms with Gasteiger partial charge in [0.25, 0.3) is 0 Å². The Morgan fingerprint density at radius 3 is 2.83 bits per heavy atom. The van der Waals surface area contributed by atoms with Gasteiger partial charge in [0.2, 0.25) is 0 Å². The van der Waals surface area contributed by atoms with Crippen LogP contribution in [0.25, 0.3) is 0 Å². The van der Waals surface area contributed by atoms with Crippen LogP contribution in [0.15, 0.2) is 12.4 Å². The number of rotatable bonds is 4. The zero-order chi connectivity index (χ0) is 13.1. The van der Waals surface area contributed by atoms with Crippen molar-refractivity contribution in [3.05, 3.63) is 18.0 Å². The van der Waals surface area contributed by atoms with E-state index >= 15 is 0 Å². The van der Waals surface area contributed by atoms with Gasteiger partial charge in [-0.1, -0.05) is 0 Å². The summed E-state index contributed by atoms with van der Waals surface area (Å²) in [6.07, 6.45) is 3.66. The first-order valence-electron chi connectivity index (χ1n) is 5.81. The van der Waals surface area contributed by atoms with Gasteiger partial charge in [-0.15, -0.1) is 0 Å². The Morgan fingerprint density at radius 1 is 1.56 bits per heavy atom. The smallest absolute Gasteiger partial charge is 0.317 e. The Hall–Kier alpha value is -2.05. The number of nitrogens with zero attached hydrogens (tertiary/aromatic N) is 3. The third kappa shape index (κ3) is 2.79. The van der Waals surface area contributed by atoms with Crippen molar-refractivity contribution in [3.8, 4) is 0 Å². The van der Waals surface area contributed by atoms with Gasteiger partial charge in [-0.25, -0.2) is 4.79 Å². The maximum atomic E-state index is 11.6. The molecule has 2 rings (SSSR count). The van der Waals surface area contributed by atoms with Crippen molar-refractivity contribution >= 4 is 12.0 Å². The van der Waals surface area contributed by atoms with Crippen LogP contribution in [0.3, 0.4) is 0 Å². The molecule has 7 heteroatoms. The molecule has 1 aliphatic heterocycles. The van der Waals surface area contributed by atoms with Gasteiger partial charge in [0.1, 0.15) is 0 Å². The predicted molar refractivity (Wildman–Crippen MR) is 63.1 cm³/mol. The van der Waals surface area contributed by atoms with Gasteiger partial charge in [0, 0.05) is 25.8 Å². The number of carbonyl (C=O) groups excluding carboxylic acids is 1. The van der Waals surface area contributed by atoms with Crippen LogP contribution in [0.1, 0.15) is 5.56 Å². The third-order valence-electron chi connectivity index (χ3n) is 2.90. The normalized spacial score (nSPS) is 15.3. The van der Waals surface area contributed by atoms with Gasteiger partial charge in [-0.3, -0.25) is 9.48 Å². The van der Waals surface area contributed by atoms with E-state index in [1.165, 1.54) is 4.90 Å². The molecule has 0 aromatic carbocycles. The molecule has 7 nitrogen and oxygen atoms in total. The molecule has 1 aromatic rings. The lowest BCUT2D eigenvalue weighted by molar-refractivity contribution is -0.146. The SMILES string of the molecule is Cc1cnn(CCNC(=O)N2CC(C(=O)O)C2)c1. The molecule has 0 unspecified atom stereocenters. The monoisotopic (exact) mass is 252 g/mol. The summed E-state index contributed by atoms with van der Waals surface area (Å²) in [6.45, 7) is 3.63. The van der Waals surface area contributed by atoms with Crippen molar-refractivity contribution in [1.82, 2.24) is 20.0 Å². The molecule has 0 radical (unpaired) electrons. The van der Waals surface area contributed by atoms with E-state index in [0.29, 0.717) is 26.2 Å². The summed E-state index contributed by atoms with van der Waals surface area (Å²) in [4.78, 5) is 23.7. The molecule has 0 bridgehead atoms. The number of carbonyl (C=O) groups is 2. The second kappa shape index (κ2) is 5.07.